The number of benzene rings is 2. The van der Waals surface area contributed by atoms with E-state index in [-0.39, 0.29) is 0 Å². The molecule has 0 saturated heterocycles. The molecule has 2 aromatic carbocycles. The summed E-state index contributed by atoms with van der Waals surface area (Å²) in [4.78, 5) is 4.79. The van der Waals surface area contributed by atoms with Crippen molar-refractivity contribution in [2.45, 2.75) is 37.8 Å². The second-order valence-corrected chi connectivity index (χ2v) is 7.31. The largest absolute Gasteiger partial charge is 0.417 e. The normalized spacial score (nSPS) is 18.0. The summed E-state index contributed by atoms with van der Waals surface area (Å²) >= 11 is 0. The van der Waals surface area contributed by atoms with Crippen molar-refractivity contribution < 1.29 is 13.2 Å². The van der Waals surface area contributed by atoms with Crippen molar-refractivity contribution in [2.75, 3.05) is 0 Å². The number of hydrogen-bond acceptors (Lipinski definition) is 1. The van der Waals surface area contributed by atoms with Gasteiger partial charge in [0.1, 0.15) is 0 Å². The molecule has 1 aromatic heterocycles. The molecule has 5 rings (SSSR count). The highest BCUT2D eigenvalue weighted by Gasteiger charge is 2.45. The van der Waals surface area contributed by atoms with E-state index in [1.54, 1.807) is 0 Å². The van der Waals surface area contributed by atoms with Gasteiger partial charge in [0.2, 0.25) is 0 Å². The lowest BCUT2D eigenvalue weighted by Gasteiger charge is -2.25. The van der Waals surface area contributed by atoms with Crippen LogP contribution in [0, 0.1) is 0 Å². The lowest BCUT2D eigenvalue weighted by Crippen LogP contribution is -2.20. The minimum absolute atomic E-state index is 0.343. The number of alkyl halides is 3. The predicted octanol–water partition coefficient (Wildman–Crippen LogP) is 6.14. The van der Waals surface area contributed by atoms with Gasteiger partial charge in [-0.3, -0.25) is 4.98 Å². The molecule has 4 heteroatoms. The Bertz CT molecular complexity index is 1020. The minimum Gasteiger partial charge on any atom is -0.252 e. The van der Waals surface area contributed by atoms with E-state index in [0.717, 1.165) is 29.5 Å². The first kappa shape index (κ1) is 16.5. The van der Waals surface area contributed by atoms with Gasteiger partial charge in [-0.15, -0.1) is 0 Å². The Morgan fingerprint density at radius 2 is 1.56 bits per heavy atom. The molecule has 1 atom stereocenters. The molecule has 2 aliphatic carbocycles. The Morgan fingerprint density at radius 1 is 0.852 bits per heavy atom. The third-order valence-electron chi connectivity index (χ3n) is 5.74. The van der Waals surface area contributed by atoms with Gasteiger partial charge in [0.15, 0.2) is 0 Å². The van der Waals surface area contributed by atoms with E-state index in [0.29, 0.717) is 35.4 Å². The van der Waals surface area contributed by atoms with Gasteiger partial charge in [-0.05, 0) is 42.4 Å². The highest BCUT2D eigenvalue weighted by atomic mass is 19.4. The Morgan fingerprint density at radius 3 is 2.33 bits per heavy atom. The van der Waals surface area contributed by atoms with E-state index in [2.05, 4.69) is 0 Å². The molecule has 3 aromatic rings. The first-order valence-electron chi connectivity index (χ1n) is 9.33. The highest BCUT2D eigenvalue weighted by molar-refractivity contribution is 5.80. The number of halogens is 3. The molecule has 1 unspecified atom stereocenters. The van der Waals surface area contributed by atoms with Crippen LogP contribution in [0.25, 0.3) is 11.3 Å². The maximum atomic E-state index is 14.3. The third kappa shape index (κ3) is 2.50. The van der Waals surface area contributed by atoms with Gasteiger partial charge in [0.25, 0.3) is 0 Å². The highest BCUT2D eigenvalue weighted by Crippen LogP contribution is 2.53. The van der Waals surface area contributed by atoms with E-state index in [4.69, 9.17) is 4.98 Å². The smallest absolute Gasteiger partial charge is 0.252 e. The van der Waals surface area contributed by atoms with E-state index in [1.165, 1.54) is 0 Å². The van der Waals surface area contributed by atoms with Crippen molar-refractivity contribution in [1.29, 1.82) is 0 Å². The quantitative estimate of drug-likeness (QED) is 0.395. The number of fused-ring (bicyclic) bond motifs is 4. The molecule has 27 heavy (non-hydrogen) atoms. The molecular weight excluding hydrogens is 347 g/mol. The fourth-order valence-corrected chi connectivity index (χ4v) is 4.68. The van der Waals surface area contributed by atoms with Gasteiger partial charge < -0.3 is 0 Å². The van der Waals surface area contributed by atoms with Crippen LogP contribution in [-0.2, 0) is 19.0 Å². The van der Waals surface area contributed by atoms with Crippen molar-refractivity contribution in [3.05, 3.63) is 88.1 Å². The zero-order chi connectivity index (χ0) is 18.6. The van der Waals surface area contributed by atoms with Crippen molar-refractivity contribution in [2.24, 2.45) is 0 Å². The average Bonchev–Trinajstić information content (AvgIpc) is 2.99. The van der Waals surface area contributed by atoms with Crippen molar-refractivity contribution in [1.82, 2.24) is 4.98 Å². The molecular formula is C23H18F3N. The van der Waals surface area contributed by atoms with Crippen LogP contribution < -0.4 is 0 Å². The van der Waals surface area contributed by atoms with Gasteiger partial charge in [0, 0.05) is 22.7 Å². The fourth-order valence-electron chi connectivity index (χ4n) is 4.68. The molecule has 0 aliphatic heterocycles. The molecule has 0 spiro atoms. The molecule has 0 fully saturated rings. The monoisotopic (exact) mass is 365 g/mol. The van der Waals surface area contributed by atoms with Crippen LogP contribution in [0.2, 0.25) is 0 Å². The number of pyridine rings is 1. The summed E-state index contributed by atoms with van der Waals surface area (Å²) in [5, 5.41) is 0. The van der Waals surface area contributed by atoms with Crippen LogP contribution in [0.1, 0.15) is 52.3 Å². The second kappa shape index (κ2) is 5.95. The van der Waals surface area contributed by atoms with E-state index < -0.39 is 17.7 Å². The first-order chi connectivity index (χ1) is 13.1. The molecule has 2 aliphatic rings. The summed E-state index contributed by atoms with van der Waals surface area (Å²) < 4.78 is 42.9. The summed E-state index contributed by atoms with van der Waals surface area (Å²) in [5.41, 5.74) is 4.11. The van der Waals surface area contributed by atoms with Gasteiger partial charge in [-0.2, -0.15) is 13.2 Å². The third-order valence-corrected chi connectivity index (χ3v) is 5.74. The van der Waals surface area contributed by atoms with Crippen LogP contribution in [0.3, 0.4) is 0 Å². The number of nitrogens with zero attached hydrogens (tertiary/aromatic N) is 1. The maximum Gasteiger partial charge on any atom is 0.417 e. The van der Waals surface area contributed by atoms with Gasteiger partial charge in [0.05, 0.1) is 11.3 Å². The van der Waals surface area contributed by atoms with Crippen LogP contribution in [0.15, 0.2) is 54.6 Å². The van der Waals surface area contributed by atoms with Gasteiger partial charge in [-0.25, -0.2) is 0 Å². The summed E-state index contributed by atoms with van der Waals surface area (Å²) in [6, 6.07) is 17.1. The first-order valence-corrected chi connectivity index (χ1v) is 9.33. The van der Waals surface area contributed by atoms with Crippen LogP contribution >= 0.6 is 0 Å². The van der Waals surface area contributed by atoms with Gasteiger partial charge >= 0.3 is 6.18 Å². The van der Waals surface area contributed by atoms with Gasteiger partial charge in [-0.1, -0.05) is 54.6 Å². The van der Waals surface area contributed by atoms with E-state index >= 15 is 0 Å². The Kier molecular flexibility index (Phi) is 3.64. The zero-order valence-corrected chi connectivity index (χ0v) is 14.7. The standard InChI is InChI=1S/C23H18F3N/c24-23(25,26)21-17-12-6-7-13-18(17)27-22-16-11-5-4-10-15(16)19(20(21)22)14-8-2-1-3-9-14/h1-5,8-11,19H,6-7,12-13H2. The second-order valence-electron chi connectivity index (χ2n) is 7.31. The Balaban J connectivity index is 1.89. The Hall–Kier alpha value is -2.62. The predicted molar refractivity (Wildman–Crippen MR) is 98.7 cm³/mol. The fraction of sp³-hybridized carbons (Fsp3) is 0.261. The zero-order valence-electron chi connectivity index (χ0n) is 14.7. The number of rotatable bonds is 1. The topological polar surface area (TPSA) is 12.9 Å². The van der Waals surface area contributed by atoms with Crippen molar-refractivity contribution >= 4 is 0 Å². The van der Waals surface area contributed by atoms with E-state index in [9.17, 15) is 13.2 Å². The number of aromatic nitrogens is 1. The average molecular weight is 365 g/mol. The SMILES string of the molecule is FC(F)(F)c1c2c(nc3c1C(c1ccccc1)c1ccccc1-3)CCCC2. The summed E-state index contributed by atoms with van der Waals surface area (Å²) in [6.45, 7) is 0. The van der Waals surface area contributed by atoms with Crippen LogP contribution in [-0.4, -0.2) is 4.98 Å². The van der Waals surface area contributed by atoms with E-state index in [1.807, 2.05) is 54.6 Å². The van der Waals surface area contributed by atoms with Crippen LogP contribution in [0.4, 0.5) is 13.2 Å². The van der Waals surface area contributed by atoms with Crippen molar-refractivity contribution in [3.8, 4) is 11.3 Å². The molecule has 0 bridgehead atoms. The lowest BCUT2D eigenvalue weighted by molar-refractivity contribution is -0.139. The molecule has 0 amide bonds. The van der Waals surface area contributed by atoms with Crippen LogP contribution in [0.5, 0.6) is 0 Å². The van der Waals surface area contributed by atoms with Crippen molar-refractivity contribution in [3.63, 3.8) is 0 Å². The summed E-state index contributed by atoms with van der Waals surface area (Å²) in [6.07, 6.45) is -1.60. The lowest BCUT2D eigenvalue weighted by atomic mass is 9.83. The minimum atomic E-state index is -4.39. The number of aryl methyl sites for hydroxylation is 1. The molecule has 0 radical (unpaired) electrons. The summed E-state index contributed by atoms with van der Waals surface area (Å²) in [5.74, 6) is -0.422. The molecule has 0 saturated carbocycles. The summed E-state index contributed by atoms with van der Waals surface area (Å²) in [7, 11) is 0. The molecule has 1 nitrogen and oxygen atoms in total. The molecule has 136 valence electrons. The maximum absolute atomic E-state index is 14.3. The Labute approximate surface area is 155 Å². The number of hydrogen-bond donors (Lipinski definition) is 0. The molecule has 1 heterocycles. The molecule has 0 N–H and O–H groups in total.